The van der Waals surface area contributed by atoms with Crippen molar-refractivity contribution in [1.29, 1.82) is 0 Å². The molecule has 0 spiro atoms. The van der Waals surface area contributed by atoms with E-state index in [1.54, 1.807) is 6.92 Å². The molecule has 0 atom stereocenters. The van der Waals surface area contributed by atoms with Crippen LogP contribution in [0.5, 0.6) is 0 Å². The Kier molecular flexibility index (Phi) is 11.5. The molecule has 0 amide bonds. The molecule has 2 heteroatoms. The summed E-state index contributed by atoms with van der Waals surface area (Å²) in [6.45, 7) is 12.6. The summed E-state index contributed by atoms with van der Waals surface area (Å²) in [4.78, 5) is 15.0. The van der Waals surface area contributed by atoms with Crippen molar-refractivity contribution in [3.05, 3.63) is 138 Å². The molecule has 3 aromatic carbocycles. The summed E-state index contributed by atoms with van der Waals surface area (Å²) in [6, 6.07) is 30.5. The number of carbonyl (C=O) groups excluding carboxylic acids is 1. The number of carbonyl (C=O) groups is 1. The quantitative estimate of drug-likeness (QED) is 0.299. The molecule has 0 heterocycles. The Morgan fingerprint density at radius 1 is 0.857 bits per heavy atom. The van der Waals surface area contributed by atoms with Crippen LogP contribution in [0.15, 0.2) is 122 Å². The fraction of sp³-hybridized carbons (Fsp3) is 0.242. The Balaban J connectivity index is 0.000000360. The number of ketones is 1. The number of benzene rings is 3. The topological polar surface area (TPSA) is 20.3 Å². The Hall–Kier alpha value is -3.65. The summed E-state index contributed by atoms with van der Waals surface area (Å²) in [5, 5.41) is 0. The van der Waals surface area contributed by atoms with E-state index in [1.165, 1.54) is 5.56 Å². The third kappa shape index (κ3) is 7.96. The second kappa shape index (κ2) is 14.6. The normalized spacial score (nSPS) is 11.2. The van der Waals surface area contributed by atoms with Gasteiger partial charge in [0.15, 0.2) is 0 Å². The zero-order chi connectivity index (χ0) is 25.5. The van der Waals surface area contributed by atoms with Crippen molar-refractivity contribution in [3.8, 4) is 0 Å². The molecule has 0 saturated carbocycles. The second-order valence-corrected chi connectivity index (χ2v) is 8.58. The maximum atomic E-state index is 12.9. The summed E-state index contributed by atoms with van der Waals surface area (Å²) in [5.41, 5.74) is 3.67. The van der Waals surface area contributed by atoms with E-state index >= 15 is 0 Å². The number of allylic oxidation sites excluding steroid dienone is 3. The third-order valence-corrected chi connectivity index (χ3v) is 6.03. The fourth-order valence-electron chi connectivity index (χ4n) is 4.16. The predicted octanol–water partition coefficient (Wildman–Crippen LogP) is 8.43. The maximum absolute atomic E-state index is 12.9. The van der Waals surface area contributed by atoms with Crippen molar-refractivity contribution >= 4 is 11.9 Å². The van der Waals surface area contributed by atoms with Gasteiger partial charge in [-0.3, -0.25) is 4.79 Å². The van der Waals surface area contributed by atoms with E-state index in [4.69, 9.17) is 0 Å². The minimum absolute atomic E-state index is 0.159. The lowest BCUT2D eigenvalue weighted by molar-refractivity contribution is -0.121. The van der Waals surface area contributed by atoms with Gasteiger partial charge in [-0.25, -0.2) is 0 Å². The molecule has 0 aliphatic rings. The number of nitrogens with zero attached hydrogens (tertiary/aromatic N) is 1. The standard InChI is InChI=1S/C23H27NO.C10H12/c1-5-17-24(19(2)3)18-16-23(20(4)25,21-12-8-6-9-13-21)22-14-10-7-11-15-22;1-2-3-7-10-8-5-4-6-9-10/h5-15,17H,2,16,18H2,1,3-4H3;3-9H,2H2,1H3/b17-5-;7-3+. The minimum atomic E-state index is -0.655. The van der Waals surface area contributed by atoms with Crippen LogP contribution in [0.3, 0.4) is 0 Å². The average Bonchev–Trinajstić information content (AvgIpc) is 2.89. The lowest BCUT2D eigenvalue weighted by atomic mass is 9.69. The first-order valence-corrected chi connectivity index (χ1v) is 12.3. The van der Waals surface area contributed by atoms with Crippen molar-refractivity contribution in [2.45, 2.75) is 46.0 Å². The van der Waals surface area contributed by atoms with E-state index in [9.17, 15) is 4.79 Å². The van der Waals surface area contributed by atoms with Gasteiger partial charge in [-0.15, -0.1) is 0 Å². The first-order valence-electron chi connectivity index (χ1n) is 12.3. The van der Waals surface area contributed by atoms with Crippen molar-refractivity contribution in [2.24, 2.45) is 0 Å². The zero-order valence-corrected chi connectivity index (χ0v) is 21.7. The van der Waals surface area contributed by atoms with Crippen LogP contribution in [0.2, 0.25) is 0 Å². The van der Waals surface area contributed by atoms with Gasteiger partial charge in [0.1, 0.15) is 5.78 Å². The summed E-state index contributed by atoms with van der Waals surface area (Å²) in [6.07, 6.45) is 10.1. The SMILES string of the molecule is C=C(C)N(/C=C\C)CCC(C(C)=O)(c1ccccc1)c1ccccc1.CC/C=C/c1ccccc1. The number of rotatable bonds is 10. The molecule has 0 saturated heterocycles. The molecule has 35 heavy (non-hydrogen) atoms. The Morgan fingerprint density at radius 3 is 1.74 bits per heavy atom. The van der Waals surface area contributed by atoms with E-state index in [1.807, 2.05) is 68.6 Å². The van der Waals surface area contributed by atoms with Crippen LogP contribution in [0.4, 0.5) is 0 Å². The van der Waals surface area contributed by atoms with Crippen LogP contribution in [0, 0.1) is 0 Å². The highest BCUT2D eigenvalue weighted by Gasteiger charge is 2.39. The number of Topliss-reactive ketones (excluding diaryl/α,β-unsaturated/α-hetero) is 1. The van der Waals surface area contributed by atoms with E-state index < -0.39 is 5.41 Å². The molecule has 0 radical (unpaired) electrons. The molecule has 0 fully saturated rings. The summed E-state index contributed by atoms with van der Waals surface area (Å²) >= 11 is 0. The molecule has 3 rings (SSSR count). The van der Waals surface area contributed by atoms with Crippen molar-refractivity contribution in [1.82, 2.24) is 4.90 Å². The number of hydrogen-bond acceptors (Lipinski definition) is 2. The van der Waals surface area contributed by atoms with E-state index in [2.05, 4.69) is 79.1 Å². The maximum Gasteiger partial charge on any atom is 0.144 e. The molecule has 0 unspecified atom stereocenters. The lowest BCUT2D eigenvalue weighted by Gasteiger charge is -2.35. The Bertz CT molecular complexity index is 1040. The van der Waals surface area contributed by atoms with Crippen molar-refractivity contribution < 1.29 is 4.79 Å². The molecule has 0 aliphatic carbocycles. The third-order valence-electron chi connectivity index (χ3n) is 6.03. The van der Waals surface area contributed by atoms with Crippen LogP contribution >= 0.6 is 0 Å². The molecule has 3 aromatic rings. The van der Waals surface area contributed by atoms with Crippen LogP contribution in [0.25, 0.3) is 6.08 Å². The van der Waals surface area contributed by atoms with Gasteiger partial charge < -0.3 is 4.90 Å². The molecule has 0 bridgehead atoms. The zero-order valence-electron chi connectivity index (χ0n) is 21.7. The molecular formula is C33H39NO. The van der Waals surface area contributed by atoms with Gasteiger partial charge in [0.2, 0.25) is 0 Å². The van der Waals surface area contributed by atoms with Crippen LogP contribution in [-0.4, -0.2) is 17.2 Å². The number of hydrogen-bond donors (Lipinski definition) is 0. The van der Waals surface area contributed by atoms with Crippen molar-refractivity contribution in [3.63, 3.8) is 0 Å². The molecule has 182 valence electrons. The van der Waals surface area contributed by atoms with Gasteiger partial charge in [-0.05, 0) is 56.5 Å². The van der Waals surface area contributed by atoms with E-state index in [0.29, 0.717) is 6.42 Å². The predicted molar refractivity (Wildman–Crippen MR) is 151 cm³/mol. The van der Waals surface area contributed by atoms with Gasteiger partial charge in [0.25, 0.3) is 0 Å². The van der Waals surface area contributed by atoms with Crippen LogP contribution < -0.4 is 0 Å². The molecule has 0 N–H and O–H groups in total. The highest BCUT2D eigenvalue weighted by atomic mass is 16.1. The summed E-state index contributed by atoms with van der Waals surface area (Å²) in [7, 11) is 0. The molecular weight excluding hydrogens is 426 g/mol. The highest BCUT2D eigenvalue weighted by molar-refractivity contribution is 5.92. The second-order valence-electron chi connectivity index (χ2n) is 8.58. The fourth-order valence-corrected chi connectivity index (χ4v) is 4.16. The van der Waals surface area contributed by atoms with Gasteiger partial charge in [-0.2, -0.15) is 0 Å². The summed E-state index contributed by atoms with van der Waals surface area (Å²) in [5.74, 6) is 0.159. The summed E-state index contributed by atoms with van der Waals surface area (Å²) < 4.78 is 0. The van der Waals surface area contributed by atoms with Crippen LogP contribution in [0.1, 0.15) is 57.2 Å². The van der Waals surface area contributed by atoms with Gasteiger partial charge in [0.05, 0.1) is 5.41 Å². The Morgan fingerprint density at radius 2 is 1.34 bits per heavy atom. The monoisotopic (exact) mass is 465 g/mol. The highest BCUT2D eigenvalue weighted by Crippen LogP contribution is 2.37. The van der Waals surface area contributed by atoms with Gasteiger partial charge in [-0.1, -0.05) is 123 Å². The first-order chi connectivity index (χ1) is 17.0. The van der Waals surface area contributed by atoms with Crippen LogP contribution in [-0.2, 0) is 10.2 Å². The smallest absolute Gasteiger partial charge is 0.144 e. The molecule has 0 aliphatic heterocycles. The van der Waals surface area contributed by atoms with E-state index in [0.717, 1.165) is 29.8 Å². The molecule has 0 aromatic heterocycles. The lowest BCUT2D eigenvalue weighted by Crippen LogP contribution is -2.38. The largest absolute Gasteiger partial charge is 0.353 e. The van der Waals surface area contributed by atoms with Gasteiger partial charge in [0, 0.05) is 12.2 Å². The van der Waals surface area contributed by atoms with Gasteiger partial charge >= 0.3 is 0 Å². The van der Waals surface area contributed by atoms with Crippen molar-refractivity contribution in [2.75, 3.05) is 6.54 Å². The average molecular weight is 466 g/mol. The minimum Gasteiger partial charge on any atom is -0.353 e. The first kappa shape index (κ1) is 27.6. The molecule has 2 nitrogen and oxygen atoms in total. The van der Waals surface area contributed by atoms with E-state index in [-0.39, 0.29) is 5.78 Å². The Labute approximate surface area is 212 Å².